The minimum Gasteiger partial charge on any atom is -0.490 e. The third kappa shape index (κ3) is 5.90. The van der Waals surface area contributed by atoms with Crippen LogP contribution in [0.3, 0.4) is 0 Å². The Kier molecular flexibility index (Phi) is 8.89. The van der Waals surface area contributed by atoms with Crippen molar-refractivity contribution < 1.29 is 28.2 Å². The van der Waals surface area contributed by atoms with Gasteiger partial charge in [-0.25, -0.2) is 14.2 Å². The normalized spacial score (nSPS) is 18.5. The van der Waals surface area contributed by atoms with Gasteiger partial charge in [0.15, 0.2) is 17.7 Å². The van der Waals surface area contributed by atoms with Crippen molar-refractivity contribution in [2.24, 2.45) is 7.05 Å². The van der Waals surface area contributed by atoms with E-state index in [0.717, 1.165) is 30.6 Å². The van der Waals surface area contributed by atoms with Gasteiger partial charge in [-0.15, -0.1) is 0 Å². The molecule has 9 nitrogen and oxygen atoms in total. The van der Waals surface area contributed by atoms with Crippen LogP contribution in [0.1, 0.15) is 91.9 Å². The highest BCUT2D eigenvalue weighted by atomic mass is 19.1. The maximum Gasteiger partial charge on any atom is 0.339 e. The second-order valence-corrected chi connectivity index (χ2v) is 14.0. The molecule has 0 N–H and O–H groups in total. The Bertz CT molecular complexity index is 1660. The molecule has 1 amide bonds. The highest BCUT2D eigenvalue weighted by Gasteiger charge is 2.36. The van der Waals surface area contributed by atoms with E-state index in [-0.39, 0.29) is 11.7 Å². The van der Waals surface area contributed by atoms with Gasteiger partial charge in [0.25, 0.3) is 5.91 Å². The van der Waals surface area contributed by atoms with Crippen molar-refractivity contribution in [2.75, 3.05) is 39.9 Å². The first-order valence-corrected chi connectivity index (χ1v) is 16.6. The maximum absolute atomic E-state index is 15.8. The van der Waals surface area contributed by atoms with E-state index in [1.54, 1.807) is 0 Å². The fourth-order valence-corrected chi connectivity index (χ4v) is 7.60. The molecule has 1 saturated heterocycles. The first-order chi connectivity index (χ1) is 21.9. The zero-order valence-electron chi connectivity index (χ0n) is 28.3. The predicted octanol–water partition coefficient (Wildman–Crippen LogP) is 6.05. The molecule has 2 aliphatic heterocycles. The fraction of sp³-hybridized carbons (Fsp3) is 0.583. The summed E-state index contributed by atoms with van der Waals surface area (Å²) in [6, 6.07) is 3.97. The minimum atomic E-state index is -1.13. The van der Waals surface area contributed by atoms with Crippen LogP contribution < -0.4 is 4.74 Å². The van der Waals surface area contributed by atoms with Crippen LogP contribution in [0.2, 0.25) is 0 Å². The summed E-state index contributed by atoms with van der Waals surface area (Å²) in [4.78, 5) is 36.9. The molecule has 2 aromatic heterocycles. The van der Waals surface area contributed by atoms with E-state index in [9.17, 15) is 9.59 Å². The Labute approximate surface area is 271 Å². The van der Waals surface area contributed by atoms with E-state index in [0.29, 0.717) is 71.3 Å². The second kappa shape index (κ2) is 12.6. The lowest BCUT2D eigenvalue weighted by Crippen LogP contribution is -2.51. The Hall–Kier alpha value is -3.50. The van der Waals surface area contributed by atoms with Crippen LogP contribution in [0.5, 0.6) is 5.75 Å². The summed E-state index contributed by atoms with van der Waals surface area (Å²) >= 11 is 0. The molecular formula is C36H47FN4O5. The van der Waals surface area contributed by atoms with Gasteiger partial charge in [0.05, 0.1) is 19.3 Å². The molecule has 10 heteroatoms. The van der Waals surface area contributed by atoms with Gasteiger partial charge >= 0.3 is 5.97 Å². The number of methoxy groups -OCH3 is 1. The number of nitrogens with zero attached hydrogens (tertiary/aromatic N) is 4. The van der Waals surface area contributed by atoms with E-state index in [1.807, 2.05) is 57.2 Å². The number of benzene rings is 1. The first kappa shape index (κ1) is 32.4. The molecule has 1 aromatic carbocycles. The quantitative estimate of drug-likeness (QED) is 0.305. The fourth-order valence-electron chi connectivity index (χ4n) is 7.60. The summed E-state index contributed by atoms with van der Waals surface area (Å²) in [6.07, 6.45) is 5.39. The van der Waals surface area contributed by atoms with Crippen LogP contribution in [-0.4, -0.2) is 82.8 Å². The third-order valence-corrected chi connectivity index (χ3v) is 9.92. The number of hydrogen-bond donors (Lipinski definition) is 0. The van der Waals surface area contributed by atoms with Gasteiger partial charge in [-0.1, -0.05) is 12.8 Å². The van der Waals surface area contributed by atoms with E-state index < -0.39 is 23.5 Å². The van der Waals surface area contributed by atoms with Crippen LogP contribution in [0, 0.1) is 19.7 Å². The van der Waals surface area contributed by atoms with Crippen LogP contribution in [0.4, 0.5) is 4.39 Å². The van der Waals surface area contributed by atoms with Crippen molar-refractivity contribution in [3.8, 4) is 16.9 Å². The molecule has 0 spiro atoms. The molecule has 6 rings (SSSR count). The van der Waals surface area contributed by atoms with E-state index >= 15 is 4.39 Å². The number of fused-ring (bicyclic) bond motifs is 2. The number of aryl methyl sites for hydroxylation is 2. The summed E-state index contributed by atoms with van der Waals surface area (Å²) in [6.45, 7) is 12.9. The van der Waals surface area contributed by atoms with Gasteiger partial charge < -0.3 is 23.7 Å². The predicted molar refractivity (Wildman–Crippen MR) is 175 cm³/mol. The smallest absolute Gasteiger partial charge is 0.339 e. The lowest BCUT2D eigenvalue weighted by atomic mass is 9.86. The largest absolute Gasteiger partial charge is 0.490 e. The monoisotopic (exact) mass is 634 g/mol. The van der Waals surface area contributed by atoms with E-state index in [1.165, 1.54) is 38.9 Å². The van der Waals surface area contributed by atoms with Gasteiger partial charge in [-0.3, -0.25) is 9.69 Å². The molecule has 2 fully saturated rings. The van der Waals surface area contributed by atoms with Crippen LogP contribution >= 0.6 is 0 Å². The lowest BCUT2D eigenvalue weighted by molar-refractivity contribution is -0.164. The van der Waals surface area contributed by atoms with E-state index in [4.69, 9.17) is 19.2 Å². The number of halogens is 1. The first-order valence-electron chi connectivity index (χ1n) is 16.6. The molecule has 1 unspecified atom stereocenters. The molecule has 3 aromatic rings. The summed E-state index contributed by atoms with van der Waals surface area (Å²) < 4.78 is 35.0. The van der Waals surface area contributed by atoms with Gasteiger partial charge in [0.2, 0.25) is 0 Å². The Morgan fingerprint density at radius 3 is 2.41 bits per heavy atom. The van der Waals surface area contributed by atoms with Crippen LogP contribution in [0.15, 0.2) is 12.1 Å². The standard InChI is InChI=1S/C36H47FN4O5/c1-21-24-13-10-18-45-31(24)27(37)19-25(21)30-26-20-28(34(42)41-16-14-40(15-17-41)23-11-8-9-12-23)39(6)33(26)38-22(2)29(30)32(35(43)44-7)46-36(3,4)5/h19-20,23,32H,8-18H2,1-7H3. The SMILES string of the molecule is COC(=O)C(OC(C)(C)C)c1c(C)nc2c(cc(C(=O)N3CCN(C4CCCC4)CC3)n2C)c1-c1cc(F)c2c(c1C)CCCO2. The molecular weight excluding hydrogens is 587 g/mol. The van der Waals surface area contributed by atoms with Crippen LogP contribution in [0.25, 0.3) is 22.2 Å². The van der Waals surface area contributed by atoms with Crippen LogP contribution in [-0.2, 0) is 27.7 Å². The number of pyridine rings is 1. The second-order valence-electron chi connectivity index (χ2n) is 14.0. The van der Waals surface area contributed by atoms with Crippen molar-refractivity contribution >= 4 is 22.9 Å². The highest BCUT2D eigenvalue weighted by Crippen LogP contribution is 2.45. The molecule has 46 heavy (non-hydrogen) atoms. The third-order valence-electron chi connectivity index (χ3n) is 9.92. The summed E-state index contributed by atoms with van der Waals surface area (Å²) in [7, 11) is 3.17. The molecule has 4 heterocycles. The summed E-state index contributed by atoms with van der Waals surface area (Å²) in [5.41, 5.74) is 4.33. The maximum atomic E-state index is 15.8. The molecule has 1 saturated carbocycles. The highest BCUT2D eigenvalue weighted by molar-refractivity contribution is 6.05. The van der Waals surface area contributed by atoms with Crippen molar-refractivity contribution in [1.82, 2.24) is 19.4 Å². The number of carbonyl (C=O) groups excluding carboxylic acids is 2. The number of aromatic nitrogens is 2. The number of esters is 1. The zero-order chi connectivity index (χ0) is 32.9. The number of ether oxygens (including phenoxy) is 3. The summed E-state index contributed by atoms with van der Waals surface area (Å²) in [5, 5.41) is 0.654. The topological polar surface area (TPSA) is 86.1 Å². The lowest BCUT2D eigenvalue weighted by Gasteiger charge is -2.38. The number of amides is 1. The average molecular weight is 635 g/mol. The number of rotatable bonds is 6. The Morgan fingerprint density at radius 1 is 1.07 bits per heavy atom. The number of piperazine rings is 1. The zero-order valence-corrected chi connectivity index (χ0v) is 28.3. The van der Waals surface area contributed by atoms with Gasteiger partial charge in [0.1, 0.15) is 11.3 Å². The molecule has 1 atom stereocenters. The summed E-state index contributed by atoms with van der Waals surface area (Å²) in [5.74, 6) is -0.809. The molecule has 1 aliphatic carbocycles. The van der Waals surface area contributed by atoms with Gasteiger partial charge in [-0.2, -0.15) is 0 Å². The van der Waals surface area contributed by atoms with E-state index in [2.05, 4.69) is 4.90 Å². The Balaban J connectivity index is 1.52. The number of hydrogen-bond acceptors (Lipinski definition) is 7. The molecule has 248 valence electrons. The minimum absolute atomic E-state index is 0.0612. The van der Waals surface area contributed by atoms with Crippen molar-refractivity contribution in [2.45, 2.75) is 90.9 Å². The van der Waals surface area contributed by atoms with Gasteiger partial charge in [-0.05, 0) is 83.6 Å². The Morgan fingerprint density at radius 2 is 1.76 bits per heavy atom. The molecule has 0 radical (unpaired) electrons. The van der Waals surface area contributed by atoms with Crippen molar-refractivity contribution in [3.05, 3.63) is 46.0 Å². The van der Waals surface area contributed by atoms with Crippen molar-refractivity contribution in [1.29, 1.82) is 0 Å². The molecule has 3 aliphatic rings. The molecule has 0 bridgehead atoms. The number of carbonyl (C=O) groups is 2. The average Bonchev–Trinajstić information content (AvgIpc) is 3.69. The van der Waals surface area contributed by atoms with Gasteiger partial charge in [0, 0.05) is 67.0 Å². The van der Waals surface area contributed by atoms with Crippen molar-refractivity contribution in [3.63, 3.8) is 0 Å².